The predicted molar refractivity (Wildman–Crippen MR) is 139 cm³/mol. The van der Waals surface area contributed by atoms with Crippen molar-refractivity contribution in [1.29, 1.82) is 0 Å². The molecule has 1 heterocycles. The molecule has 3 aromatic rings. The van der Waals surface area contributed by atoms with E-state index >= 15 is 0 Å². The predicted octanol–water partition coefficient (Wildman–Crippen LogP) is 6.98. The number of carboxylic acids is 1. The van der Waals surface area contributed by atoms with Crippen molar-refractivity contribution in [1.82, 2.24) is 0 Å². The van der Waals surface area contributed by atoms with Crippen molar-refractivity contribution in [3.05, 3.63) is 82.4 Å². The summed E-state index contributed by atoms with van der Waals surface area (Å²) in [6.45, 7) is 2.35. The first kappa shape index (κ1) is 24.2. The number of nitrogens with zero attached hydrogens (tertiary/aromatic N) is 1. The van der Waals surface area contributed by atoms with E-state index in [-0.39, 0.29) is 11.9 Å². The van der Waals surface area contributed by atoms with Crippen LogP contribution in [0.1, 0.15) is 59.5 Å². The van der Waals surface area contributed by atoms with E-state index in [0.29, 0.717) is 46.4 Å². The van der Waals surface area contributed by atoms with E-state index in [1.165, 1.54) is 0 Å². The van der Waals surface area contributed by atoms with Crippen LogP contribution in [0.25, 0.3) is 0 Å². The molecule has 1 amide bonds. The third-order valence-corrected chi connectivity index (χ3v) is 7.21. The lowest BCUT2D eigenvalue weighted by Crippen LogP contribution is -2.39. The van der Waals surface area contributed by atoms with Crippen LogP contribution in [-0.4, -0.2) is 29.6 Å². The van der Waals surface area contributed by atoms with Crippen molar-refractivity contribution < 1.29 is 24.2 Å². The molecule has 1 fully saturated rings. The summed E-state index contributed by atoms with van der Waals surface area (Å²) >= 11 is 6.42. The Morgan fingerprint density at radius 1 is 1.03 bits per heavy atom. The van der Waals surface area contributed by atoms with Crippen molar-refractivity contribution >= 4 is 29.2 Å². The van der Waals surface area contributed by atoms with Crippen LogP contribution in [-0.2, 0) is 4.79 Å². The molecule has 0 aromatic heterocycles. The highest BCUT2D eigenvalue weighted by molar-refractivity contribution is 6.32. The maximum absolute atomic E-state index is 13.6. The molecular weight excluding hydrogens is 478 g/mol. The van der Waals surface area contributed by atoms with Crippen LogP contribution >= 0.6 is 11.6 Å². The molecule has 1 unspecified atom stereocenters. The van der Waals surface area contributed by atoms with Crippen LogP contribution < -0.4 is 14.4 Å². The lowest BCUT2D eigenvalue weighted by Gasteiger charge is -2.29. The molecular formula is C29H28ClNO5. The number of ether oxygens (including phenoxy) is 2. The number of rotatable bonds is 6. The molecule has 36 heavy (non-hydrogen) atoms. The number of hydrogen-bond acceptors (Lipinski definition) is 4. The second kappa shape index (κ2) is 10.2. The van der Waals surface area contributed by atoms with Gasteiger partial charge in [0.1, 0.15) is 17.2 Å². The highest BCUT2D eigenvalue weighted by Gasteiger charge is 2.30. The summed E-state index contributed by atoms with van der Waals surface area (Å²) in [7, 11) is 0. The molecule has 0 spiro atoms. The Morgan fingerprint density at radius 3 is 2.47 bits per heavy atom. The fourth-order valence-corrected chi connectivity index (χ4v) is 5.30. The highest BCUT2D eigenvalue weighted by Crippen LogP contribution is 2.42. The first-order valence-electron chi connectivity index (χ1n) is 12.3. The first-order chi connectivity index (χ1) is 17.4. The zero-order valence-electron chi connectivity index (χ0n) is 20.1. The maximum Gasteiger partial charge on any atom is 0.311 e. The van der Waals surface area contributed by atoms with Gasteiger partial charge in [-0.15, -0.1) is 0 Å². The lowest BCUT2D eigenvalue weighted by molar-refractivity contribution is -0.139. The van der Waals surface area contributed by atoms with Crippen LogP contribution in [0, 0.1) is 6.92 Å². The molecule has 1 atom stereocenters. The summed E-state index contributed by atoms with van der Waals surface area (Å²) in [5, 5.41) is 9.79. The SMILES string of the molecule is Cc1cccc(N(C(=O)c2ccc(Oc3cc4c(cc3Cl)C(C(=O)O)CCO4)cc2)C2CCCC2)c1. The Balaban J connectivity index is 1.37. The third kappa shape index (κ3) is 4.91. The van der Waals surface area contributed by atoms with Gasteiger partial charge in [-0.2, -0.15) is 0 Å². The minimum Gasteiger partial charge on any atom is -0.493 e. The van der Waals surface area contributed by atoms with E-state index < -0.39 is 11.9 Å². The van der Waals surface area contributed by atoms with Gasteiger partial charge in [-0.25, -0.2) is 0 Å². The summed E-state index contributed by atoms with van der Waals surface area (Å²) in [4.78, 5) is 27.1. The molecule has 2 aliphatic rings. The second-order valence-electron chi connectivity index (χ2n) is 9.43. The summed E-state index contributed by atoms with van der Waals surface area (Å²) in [6.07, 6.45) is 4.66. The van der Waals surface area contributed by atoms with Gasteiger partial charge in [0.2, 0.25) is 0 Å². The zero-order valence-corrected chi connectivity index (χ0v) is 20.8. The number of fused-ring (bicyclic) bond motifs is 1. The Labute approximate surface area is 215 Å². The molecule has 3 aromatic carbocycles. The minimum atomic E-state index is -0.901. The second-order valence-corrected chi connectivity index (χ2v) is 9.83. The number of benzene rings is 3. The fraction of sp³-hybridized carbons (Fsp3) is 0.310. The summed E-state index contributed by atoms with van der Waals surface area (Å²) in [5.74, 6) is -0.234. The number of halogens is 1. The van der Waals surface area contributed by atoms with Crippen LogP contribution in [0.5, 0.6) is 17.2 Å². The van der Waals surface area contributed by atoms with Crippen molar-refractivity contribution in [2.45, 2.75) is 51.0 Å². The molecule has 6 nitrogen and oxygen atoms in total. The Kier molecular flexibility index (Phi) is 6.88. The number of amides is 1. The van der Waals surface area contributed by atoms with Gasteiger partial charge in [-0.1, -0.05) is 36.6 Å². The molecule has 1 N–H and O–H groups in total. The summed E-state index contributed by atoms with van der Waals surface area (Å²) in [5.41, 5.74) is 3.18. The van der Waals surface area contributed by atoms with Crippen LogP contribution in [0.3, 0.4) is 0 Å². The van der Waals surface area contributed by atoms with Gasteiger partial charge in [0.15, 0.2) is 0 Å². The van der Waals surface area contributed by atoms with E-state index in [9.17, 15) is 14.7 Å². The standard InChI is InChI=1S/C29H28ClNO5/c1-18-5-4-8-21(15-18)31(20-6-2-3-7-20)28(32)19-9-11-22(12-10-19)36-27-17-26-24(16-25(27)30)23(29(33)34)13-14-35-26/h4-5,8-12,15-17,20,23H,2-3,6-7,13-14H2,1H3,(H,33,34). The number of carboxylic acid groups (broad SMARTS) is 1. The van der Waals surface area contributed by atoms with E-state index in [2.05, 4.69) is 6.07 Å². The molecule has 0 saturated heterocycles. The number of hydrogen-bond donors (Lipinski definition) is 1. The Hall–Kier alpha value is -3.51. The van der Waals surface area contributed by atoms with Crippen LogP contribution in [0.15, 0.2) is 60.7 Å². The zero-order chi connectivity index (χ0) is 25.2. The monoisotopic (exact) mass is 505 g/mol. The number of aliphatic carboxylic acids is 1. The molecule has 1 saturated carbocycles. The van der Waals surface area contributed by atoms with Crippen molar-refractivity contribution in [3.63, 3.8) is 0 Å². The Bertz CT molecular complexity index is 1280. The van der Waals surface area contributed by atoms with Crippen molar-refractivity contribution in [2.75, 3.05) is 11.5 Å². The highest BCUT2D eigenvalue weighted by atomic mass is 35.5. The quantitative estimate of drug-likeness (QED) is 0.391. The molecule has 7 heteroatoms. The molecule has 0 radical (unpaired) electrons. The van der Waals surface area contributed by atoms with Crippen molar-refractivity contribution in [3.8, 4) is 17.2 Å². The maximum atomic E-state index is 13.6. The summed E-state index contributed by atoms with van der Waals surface area (Å²) < 4.78 is 11.6. The lowest BCUT2D eigenvalue weighted by atomic mass is 9.93. The van der Waals surface area contributed by atoms with Crippen LogP contribution in [0.2, 0.25) is 5.02 Å². The topological polar surface area (TPSA) is 76.1 Å². The van der Waals surface area contributed by atoms with Gasteiger partial charge < -0.3 is 19.5 Å². The minimum absolute atomic E-state index is 0.0287. The molecule has 1 aliphatic heterocycles. The average molecular weight is 506 g/mol. The van der Waals surface area contributed by atoms with E-state index in [1.54, 1.807) is 36.4 Å². The normalized spacial score (nSPS) is 17.2. The molecule has 186 valence electrons. The number of aryl methyl sites for hydroxylation is 1. The number of carbonyl (C=O) groups is 2. The fourth-order valence-electron chi connectivity index (χ4n) is 5.09. The number of anilines is 1. The first-order valence-corrected chi connectivity index (χ1v) is 12.7. The van der Waals surface area contributed by atoms with Gasteiger partial charge in [0.25, 0.3) is 5.91 Å². The molecule has 1 aliphatic carbocycles. The van der Waals surface area contributed by atoms with Gasteiger partial charge in [0.05, 0.1) is 17.5 Å². The van der Waals surface area contributed by atoms with E-state index in [4.69, 9.17) is 21.1 Å². The summed E-state index contributed by atoms with van der Waals surface area (Å²) in [6, 6.07) is 18.5. The van der Waals surface area contributed by atoms with Gasteiger partial charge >= 0.3 is 5.97 Å². The Morgan fingerprint density at radius 2 is 1.78 bits per heavy atom. The smallest absolute Gasteiger partial charge is 0.311 e. The van der Waals surface area contributed by atoms with Crippen molar-refractivity contribution in [2.24, 2.45) is 0 Å². The largest absolute Gasteiger partial charge is 0.493 e. The van der Waals surface area contributed by atoms with Crippen LogP contribution in [0.4, 0.5) is 5.69 Å². The average Bonchev–Trinajstić information content (AvgIpc) is 3.39. The van der Waals surface area contributed by atoms with Gasteiger partial charge in [-0.05, 0) is 74.2 Å². The van der Waals surface area contributed by atoms with E-state index in [0.717, 1.165) is 36.9 Å². The van der Waals surface area contributed by atoms with Gasteiger partial charge in [-0.3, -0.25) is 9.59 Å². The third-order valence-electron chi connectivity index (χ3n) is 6.92. The van der Waals surface area contributed by atoms with Gasteiger partial charge in [0, 0.05) is 28.9 Å². The molecule has 0 bridgehead atoms. The molecule has 5 rings (SSSR count). The number of carbonyl (C=O) groups excluding carboxylic acids is 1. The van der Waals surface area contributed by atoms with E-state index in [1.807, 2.05) is 30.0 Å².